The van der Waals surface area contributed by atoms with Crippen LogP contribution in [0.3, 0.4) is 0 Å². The number of hydrogen-bond donors (Lipinski definition) is 1. The number of nitrogens with zero attached hydrogens (tertiary/aromatic N) is 2. The third-order valence-electron chi connectivity index (χ3n) is 4.72. The molecule has 0 saturated heterocycles. The largest absolute Gasteiger partial charge is 0.454 e. The van der Waals surface area contributed by atoms with E-state index >= 15 is 0 Å². The Hall–Kier alpha value is -3.12. The number of aromatic nitrogens is 2. The number of ether oxygens (including phenoxy) is 2. The molecule has 0 unspecified atom stereocenters. The summed E-state index contributed by atoms with van der Waals surface area (Å²) >= 11 is 1.73. The molecule has 1 aliphatic rings. The van der Waals surface area contributed by atoms with E-state index in [-0.39, 0.29) is 6.79 Å². The summed E-state index contributed by atoms with van der Waals surface area (Å²) < 4.78 is 10.9. The molecule has 0 aliphatic carbocycles. The molecule has 28 heavy (non-hydrogen) atoms. The van der Waals surface area contributed by atoms with Gasteiger partial charge in [0.25, 0.3) is 0 Å². The summed E-state index contributed by atoms with van der Waals surface area (Å²) in [5.74, 6) is 3.19. The molecule has 2 aromatic heterocycles. The van der Waals surface area contributed by atoms with Gasteiger partial charge in [-0.25, -0.2) is 9.97 Å². The smallest absolute Gasteiger partial charge is 0.231 e. The maximum absolute atomic E-state index is 5.48. The van der Waals surface area contributed by atoms with Crippen molar-refractivity contribution in [2.75, 3.05) is 12.1 Å². The summed E-state index contributed by atoms with van der Waals surface area (Å²) in [6, 6.07) is 18.3. The van der Waals surface area contributed by atoms with E-state index in [2.05, 4.69) is 18.3 Å². The highest BCUT2D eigenvalue weighted by Crippen LogP contribution is 2.34. The van der Waals surface area contributed by atoms with E-state index in [0.717, 1.165) is 50.9 Å². The van der Waals surface area contributed by atoms with Crippen molar-refractivity contribution in [1.29, 1.82) is 0 Å². The fourth-order valence-electron chi connectivity index (χ4n) is 3.23. The minimum atomic E-state index is 0.286. The first-order valence-electron chi connectivity index (χ1n) is 9.28. The molecule has 140 valence electrons. The second-order valence-corrected chi connectivity index (χ2v) is 7.70. The Bertz CT molecular complexity index is 1140. The van der Waals surface area contributed by atoms with Crippen molar-refractivity contribution in [3.8, 4) is 22.9 Å². The van der Waals surface area contributed by atoms with Crippen LogP contribution in [0.2, 0.25) is 0 Å². The van der Waals surface area contributed by atoms with Gasteiger partial charge in [0.2, 0.25) is 6.79 Å². The Morgan fingerprint density at radius 2 is 1.86 bits per heavy atom. The lowest BCUT2D eigenvalue weighted by molar-refractivity contribution is 0.174. The molecule has 1 aliphatic heterocycles. The van der Waals surface area contributed by atoms with Crippen LogP contribution in [0.5, 0.6) is 11.5 Å². The molecule has 0 saturated carbocycles. The molecule has 0 fully saturated rings. The molecule has 5 nitrogen and oxygen atoms in total. The fraction of sp³-hybridized carbons (Fsp3) is 0.182. The highest BCUT2D eigenvalue weighted by atomic mass is 32.1. The normalized spacial score (nSPS) is 12.5. The Labute approximate surface area is 167 Å². The van der Waals surface area contributed by atoms with Crippen molar-refractivity contribution in [3.05, 3.63) is 65.0 Å². The van der Waals surface area contributed by atoms with Crippen molar-refractivity contribution in [2.45, 2.75) is 19.9 Å². The van der Waals surface area contributed by atoms with E-state index in [4.69, 9.17) is 19.4 Å². The number of nitrogens with one attached hydrogen (secondary N) is 1. The standard InChI is InChI=1S/C22H19N3O2S/c1-2-16-11-17-21(23-12-14-8-9-18-19(10-14)27-13-26-18)24-20(25-22(17)28-16)15-6-4-3-5-7-15/h3-11H,2,12-13H2,1H3,(H,23,24,25). The van der Waals surface area contributed by atoms with Gasteiger partial charge in [0.15, 0.2) is 17.3 Å². The summed E-state index contributed by atoms with van der Waals surface area (Å²) in [6.07, 6.45) is 0.989. The molecule has 0 amide bonds. The summed E-state index contributed by atoms with van der Waals surface area (Å²) in [5.41, 5.74) is 2.13. The van der Waals surface area contributed by atoms with E-state index in [1.54, 1.807) is 11.3 Å². The van der Waals surface area contributed by atoms with E-state index < -0.39 is 0 Å². The van der Waals surface area contributed by atoms with Crippen LogP contribution in [0.15, 0.2) is 54.6 Å². The zero-order chi connectivity index (χ0) is 18.9. The zero-order valence-electron chi connectivity index (χ0n) is 15.4. The van der Waals surface area contributed by atoms with Gasteiger partial charge in [0.1, 0.15) is 10.6 Å². The van der Waals surface area contributed by atoms with Crippen LogP contribution in [0.4, 0.5) is 5.82 Å². The topological polar surface area (TPSA) is 56.3 Å². The highest BCUT2D eigenvalue weighted by Gasteiger charge is 2.15. The first kappa shape index (κ1) is 17.0. The maximum Gasteiger partial charge on any atom is 0.231 e. The third-order valence-corrected chi connectivity index (χ3v) is 5.89. The summed E-state index contributed by atoms with van der Waals surface area (Å²) in [6.45, 7) is 3.10. The van der Waals surface area contributed by atoms with Crippen LogP contribution in [0.25, 0.3) is 21.6 Å². The Morgan fingerprint density at radius 3 is 2.71 bits per heavy atom. The second kappa shape index (κ2) is 7.13. The van der Waals surface area contributed by atoms with Crippen molar-refractivity contribution < 1.29 is 9.47 Å². The Balaban J connectivity index is 1.50. The van der Waals surface area contributed by atoms with Crippen LogP contribution in [0.1, 0.15) is 17.4 Å². The number of thiophene rings is 1. The van der Waals surface area contributed by atoms with Crippen LogP contribution < -0.4 is 14.8 Å². The third kappa shape index (κ3) is 3.16. The quantitative estimate of drug-likeness (QED) is 0.504. The van der Waals surface area contributed by atoms with Crippen LogP contribution in [0, 0.1) is 0 Å². The fourth-order valence-corrected chi connectivity index (χ4v) is 4.20. The average Bonchev–Trinajstić information content (AvgIpc) is 3.38. The summed E-state index contributed by atoms with van der Waals surface area (Å²) in [4.78, 5) is 12.0. The number of benzene rings is 2. The molecule has 0 spiro atoms. The molecule has 5 rings (SSSR count). The van der Waals surface area contributed by atoms with E-state index in [1.165, 1.54) is 4.88 Å². The van der Waals surface area contributed by atoms with Gasteiger partial charge >= 0.3 is 0 Å². The second-order valence-electron chi connectivity index (χ2n) is 6.59. The van der Waals surface area contributed by atoms with Gasteiger partial charge < -0.3 is 14.8 Å². The highest BCUT2D eigenvalue weighted by molar-refractivity contribution is 7.18. The molecule has 0 radical (unpaired) electrons. The molecular weight excluding hydrogens is 370 g/mol. The lowest BCUT2D eigenvalue weighted by Crippen LogP contribution is -2.03. The van der Waals surface area contributed by atoms with Gasteiger partial charge in [-0.1, -0.05) is 43.3 Å². The van der Waals surface area contributed by atoms with Gasteiger partial charge in [0, 0.05) is 17.0 Å². The molecular formula is C22H19N3O2S. The molecule has 1 N–H and O–H groups in total. The zero-order valence-corrected chi connectivity index (χ0v) is 16.3. The van der Waals surface area contributed by atoms with Crippen molar-refractivity contribution in [1.82, 2.24) is 9.97 Å². The van der Waals surface area contributed by atoms with Gasteiger partial charge in [-0.15, -0.1) is 11.3 Å². The minimum Gasteiger partial charge on any atom is -0.454 e. The van der Waals surface area contributed by atoms with E-state index in [9.17, 15) is 0 Å². The molecule has 0 atom stereocenters. The number of anilines is 1. The summed E-state index contributed by atoms with van der Waals surface area (Å²) in [7, 11) is 0. The average molecular weight is 389 g/mol. The number of hydrogen-bond acceptors (Lipinski definition) is 6. The van der Waals surface area contributed by atoms with E-state index in [1.807, 2.05) is 48.5 Å². The Morgan fingerprint density at radius 1 is 1.00 bits per heavy atom. The first-order valence-corrected chi connectivity index (χ1v) is 10.1. The van der Waals surface area contributed by atoms with Gasteiger partial charge in [-0.05, 0) is 30.2 Å². The first-order chi connectivity index (χ1) is 13.8. The lowest BCUT2D eigenvalue weighted by atomic mass is 10.2. The SMILES string of the molecule is CCc1cc2c(NCc3ccc4c(c3)OCO4)nc(-c3ccccc3)nc2s1. The van der Waals surface area contributed by atoms with Crippen LogP contribution in [-0.2, 0) is 13.0 Å². The molecule has 0 bridgehead atoms. The van der Waals surface area contributed by atoms with E-state index in [0.29, 0.717) is 6.54 Å². The van der Waals surface area contributed by atoms with Crippen LogP contribution in [-0.4, -0.2) is 16.8 Å². The molecule has 4 aromatic rings. The molecule has 6 heteroatoms. The number of aryl methyl sites for hydroxylation is 1. The maximum atomic E-state index is 5.48. The predicted octanol–water partition coefficient (Wildman–Crippen LogP) is 5.26. The van der Waals surface area contributed by atoms with Crippen molar-refractivity contribution in [3.63, 3.8) is 0 Å². The van der Waals surface area contributed by atoms with Gasteiger partial charge in [0.05, 0.1) is 5.39 Å². The monoisotopic (exact) mass is 389 g/mol. The molecule has 3 heterocycles. The number of rotatable bonds is 5. The van der Waals surface area contributed by atoms with Crippen LogP contribution >= 0.6 is 11.3 Å². The molecule has 2 aromatic carbocycles. The lowest BCUT2D eigenvalue weighted by Gasteiger charge is -2.10. The van der Waals surface area contributed by atoms with Gasteiger partial charge in [-0.3, -0.25) is 0 Å². The minimum absolute atomic E-state index is 0.286. The van der Waals surface area contributed by atoms with Crippen molar-refractivity contribution in [2.24, 2.45) is 0 Å². The number of fused-ring (bicyclic) bond motifs is 2. The predicted molar refractivity (Wildman–Crippen MR) is 112 cm³/mol. The van der Waals surface area contributed by atoms with Gasteiger partial charge in [-0.2, -0.15) is 0 Å². The van der Waals surface area contributed by atoms with Crippen molar-refractivity contribution >= 4 is 27.4 Å². The summed E-state index contributed by atoms with van der Waals surface area (Å²) in [5, 5.41) is 4.57. The Kier molecular flexibility index (Phi) is 4.33.